The van der Waals surface area contributed by atoms with Gasteiger partial charge in [-0.25, -0.2) is 0 Å². The molecule has 7 rings (SSSR count). The Kier molecular flexibility index (Phi) is 1.52. The van der Waals surface area contributed by atoms with Gasteiger partial charge in [0.15, 0.2) is 0 Å². The molecule has 7 unspecified atom stereocenters. The summed E-state index contributed by atoms with van der Waals surface area (Å²) in [6, 6.07) is 0. The predicted octanol–water partition coefficient (Wildman–Crippen LogP) is 4.02. The van der Waals surface area contributed by atoms with Gasteiger partial charge in [0.05, 0.1) is 0 Å². The Morgan fingerprint density at radius 3 is 2.62 bits per heavy atom. The van der Waals surface area contributed by atoms with Crippen LogP contribution in [0, 0.1) is 41.4 Å². The molecule has 0 aromatic carbocycles. The first-order chi connectivity index (χ1) is 7.92. The van der Waals surface area contributed by atoms with Crippen molar-refractivity contribution in [2.75, 3.05) is 0 Å². The molecule has 7 aliphatic rings. The Hall–Kier alpha value is -0.260. The molecule has 7 atom stereocenters. The largest absolute Gasteiger partial charge is 0.0850 e. The number of rotatable bonds is 0. The molecule has 0 heterocycles. The van der Waals surface area contributed by atoms with Crippen LogP contribution in [0.4, 0.5) is 0 Å². The zero-order valence-electron chi connectivity index (χ0n) is 10.1. The Morgan fingerprint density at radius 2 is 1.75 bits per heavy atom. The van der Waals surface area contributed by atoms with Crippen LogP contribution in [-0.4, -0.2) is 0 Å². The van der Waals surface area contributed by atoms with Gasteiger partial charge in [0.25, 0.3) is 0 Å². The van der Waals surface area contributed by atoms with Crippen molar-refractivity contribution in [1.29, 1.82) is 0 Å². The fourth-order valence-corrected chi connectivity index (χ4v) is 6.39. The molecule has 0 amide bonds. The van der Waals surface area contributed by atoms with Crippen molar-refractivity contribution in [3.05, 3.63) is 11.6 Å². The summed E-state index contributed by atoms with van der Waals surface area (Å²) in [4.78, 5) is 0. The third kappa shape index (κ3) is 0.939. The Bertz CT molecular complexity index is 364. The van der Waals surface area contributed by atoms with Crippen molar-refractivity contribution < 1.29 is 0 Å². The highest BCUT2D eigenvalue weighted by Crippen LogP contribution is 2.69. The number of fused-ring (bicyclic) bond motifs is 3. The van der Waals surface area contributed by atoms with Crippen LogP contribution in [0.1, 0.15) is 44.9 Å². The summed E-state index contributed by atoms with van der Waals surface area (Å²) in [6.45, 7) is 0. The lowest BCUT2D eigenvalue weighted by Gasteiger charge is -2.48. The number of hydrogen-bond donors (Lipinski definition) is 0. The lowest BCUT2D eigenvalue weighted by atomic mass is 9.57. The number of allylic oxidation sites excluding steroid dienone is 2. The average Bonchev–Trinajstić information content (AvgIpc) is 2.88. The monoisotopic (exact) mass is 214 g/mol. The van der Waals surface area contributed by atoms with Crippen LogP contribution >= 0.6 is 0 Å². The highest BCUT2D eigenvalue weighted by atomic mass is 14.7. The maximum atomic E-state index is 2.61. The average molecular weight is 214 g/mol. The number of hydrogen-bond acceptors (Lipinski definition) is 0. The molecule has 0 aromatic rings. The first-order valence-corrected chi connectivity index (χ1v) is 7.61. The fraction of sp³-hybridized carbons (Fsp3) is 0.875. The third-order valence-electron chi connectivity index (χ3n) is 6.94. The molecular formula is C16H22. The maximum Gasteiger partial charge on any atom is -0.0134 e. The van der Waals surface area contributed by atoms with Gasteiger partial charge in [0.1, 0.15) is 0 Å². The summed E-state index contributed by atoms with van der Waals surface area (Å²) < 4.78 is 0. The zero-order valence-corrected chi connectivity index (χ0v) is 10.1. The van der Waals surface area contributed by atoms with E-state index in [1.807, 2.05) is 5.57 Å². The molecule has 0 aliphatic heterocycles. The van der Waals surface area contributed by atoms with E-state index in [1.54, 1.807) is 25.7 Å². The Morgan fingerprint density at radius 1 is 0.875 bits per heavy atom. The normalized spacial score (nSPS) is 64.2. The van der Waals surface area contributed by atoms with E-state index in [4.69, 9.17) is 0 Å². The van der Waals surface area contributed by atoms with E-state index < -0.39 is 0 Å². The van der Waals surface area contributed by atoms with Crippen LogP contribution in [0.3, 0.4) is 0 Å². The van der Waals surface area contributed by atoms with E-state index >= 15 is 0 Å². The van der Waals surface area contributed by atoms with Crippen LogP contribution in [0.15, 0.2) is 11.6 Å². The molecule has 86 valence electrons. The lowest BCUT2D eigenvalue weighted by molar-refractivity contribution is 0.0135. The first kappa shape index (κ1) is 8.78. The van der Waals surface area contributed by atoms with Gasteiger partial charge in [-0.15, -0.1) is 0 Å². The minimum absolute atomic E-state index is 1.08. The van der Waals surface area contributed by atoms with Gasteiger partial charge in [0, 0.05) is 0 Å². The van der Waals surface area contributed by atoms with E-state index in [1.165, 1.54) is 48.9 Å². The van der Waals surface area contributed by atoms with E-state index in [0.29, 0.717) is 0 Å². The molecule has 0 N–H and O–H groups in total. The summed E-state index contributed by atoms with van der Waals surface area (Å²) in [5, 5.41) is 0. The van der Waals surface area contributed by atoms with Gasteiger partial charge < -0.3 is 0 Å². The standard InChI is InChI=1S/C16H22/c1-2-4-11-13-8-16(12-5-9(12)3-1)15-7-10(13)6-14(11)15/h3,10-16H,1-2,4-8H2/b9-3-. The third-order valence-corrected chi connectivity index (χ3v) is 6.94. The van der Waals surface area contributed by atoms with Crippen molar-refractivity contribution in [3.63, 3.8) is 0 Å². The molecule has 5 fully saturated rings. The zero-order chi connectivity index (χ0) is 10.3. The van der Waals surface area contributed by atoms with Gasteiger partial charge in [-0.1, -0.05) is 11.6 Å². The summed E-state index contributed by atoms with van der Waals surface area (Å²) in [7, 11) is 0. The molecule has 6 bridgehead atoms. The van der Waals surface area contributed by atoms with Gasteiger partial charge in [-0.2, -0.15) is 0 Å². The van der Waals surface area contributed by atoms with Crippen LogP contribution in [0.2, 0.25) is 0 Å². The minimum atomic E-state index is 1.08. The molecule has 7 aliphatic carbocycles. The SMILES string of the molecule is C1=C2/CC2C2CC3C4CC2C(C4)C3CCC/1. The quantitative estimate of drug-likeness (QED) is 0.534. The van der Waals surface area contributed by atoms with Crippen molar-refractivity contribution in [2.45, 2.75) is 44.9 Å². The topological polar surface area (TPSA) is 0 Å². The van der Waals surface area contributed by atoms with E-state index in [-0.39, 0.29) is 0 Å². The summed E-state index contributed by atoms with van der Waals surface area (Å²) >= 11 is 0. The summed E-state index contributed by atoms with van der Waals surface area (Å²) in [5.41, 5.74) is 1.87. The van der Waals surface area contributed by atoms with Crippen LogP contribution < -0.4 is 0 Å². The highest BCUT2D eigenvalue weighted by Gasteiger charge is 2.61. The lowest BCUT2D eigenvalue weighted by Crippen LogP contribution is -2.41. The van der Waals surface area contributed by atoms with Gasteiger partial charge in [-0.3, -0.25) is 0 Å². The molecule has 0 heteroatoms. The second kappa shape index (κ2) is 2.76. The summed E-state index contributed by atoms with van der Waals surface area (Å²) in [6.07, 6.45) is 13.5. The van der Waals surface area contributed by atoms with Gasteiger partial charge >= 0.3 is 0 Å². The minimum Gasteiger partial charge on any atom is -0.0850 e. The Balaban J connectivity index is 1.58. The predicted molar refractivity (Wildman–Crippen MR) is 64.8 cm³/mol. The van der Waals surface area contributed by atoms with Crippen LogP contribution in [0.25, 0.3) is 0 Å². The molecule has 0 radical (unpaired) electrons. The second-order valence-corrected chi connectivity index (χ2v) is 7.31. The van der Waals surface area contributed by atoms with Gasteiger partial charge in [-0.05, 0) is 86.4 Å². The fourth-order valence-electron chi connectivity index (χ4n) is 6.39. The Labute approximate surface area is 98.5 Å². The molecule has 0 saturated heterocycles. The van der Waals surface area contributed by atoms with Crippen molar-refractivity contribution in [3.8, 4) is 0 Å². The summed E-state index contributed by atoms with van der Waals surface area (Å²) in [5.74, 6) is 8.13. The molecule has 0 nitrogen and oxygen atoms in total. The molecule has 0 spiro atoms. The second-order valence-electron chi connectivity index (χ2n) is 7.31. The maximum absolute atomic E-state index is 2.61. The van der Waals surface area contributed by atoms with E-state index in [9.17, 15) is 0 Å². The smallest absolute Gasteiger partial charge is 0.0134 e. The van der Waals surface area contributed by atoms with Gasteiger partial charge in [0.2, 0.25) is 0 Å². The molecule has 16 heavy (non-hydrogen) atoms. The van der Waals surface area contributed by atoms with E-state index in [2.05, 4.69) is 6.08 Å². The van der Waals surface area contributed by atoms with Crippen molar-refractivity contribution in [1.82, 2.24) is 0 Å². The first-order valence-electron chi connectivity index (χ1n) is 7.61. The van der Waals surface area contributed by atoms with Crippen molar-refractivity contribution in [2.24, 2.45) is 41.4 Å². The van der Waals surface area contributed by atoms with E-state index in [0.717, 1.165) is 11.8 Å². The van der Waals surface area contributed by atoms with Crippen molar-refractivity contribution >= 4 is 0 Å². The molecule has 0 aromatic heterocycles. The van der Waals surface area contributed by atoms with Crippen LogP contribution in [-0.2, 0) is 0 Å². The van der Waals surface area contributed by atoms with Crippen LogP contribution in [0.5, 0.6) is 0 Å². The highest BCUT2D eigenvalue weighted by molar-refractivity contribution is 5.27. The molecular weight excluding hydrogens is 192 g/mol. The molecule has 5 saturated carbocycles.